The van der Waals surface area contributed by atoms with Crippen LogP contribution in [-0.2, 0) is 5.75 Å². The van der Waals surface area contributed by atoms with E-state index in [4.69, 9.17) is 0 Å². The molecule has 0 spiro atoms. The minimum Gasteiger partial charge on any atom is -0.207 e. The van der Waals surface area contributed by atoms with Crippen molar-refractivity contribution in [2.24, 2.45) is 0 Å². The molecule has 1 rings (SSSR count). The van der Waals surface area contributed by atoms with Crippen molar-refractivity contribution in [2.75, 3.05) is 0 Å². The molecule has 0 bridgehead atoms. The zero-order valence-corrected chi connectivity index (χ0v) is 6.04. The number of benzene rings is 1. The van der Waals surface area contributed by atoms with E-state index < -0.39 is 11.6 Å². The van der Waals surface area contributed by atoms with Gasteiger partial charge in [0, 0.05) is 11.8 Å². The Kier molecular flexibility index (Phi) is 2.27. The second-order valence-corrected chi connectivity index (χ2v) is 2.25. The lowest BCUT2D eigenvalue weighted by atomic mass is 10.2. The minimum atomic E-state index is -0.552. The lowest BCUT2D eigenvalue weighted by Gasteiger charge is -1.95. The van der Waals surface area contributed by atoms with Gasteiger partial charge < -0.3 is 0 Å². The van der Waals surface area contributed by atoms with Gasteiger partial charge in [0.15, 0.2) is 0 Å². The molecular weight excluding hydrogens is 154 g/mol. The second kappa shape index (κ2) is 3.01. The normalized spacial score (nSPS) is 9.90. The Morgan fingerprint density at radius 2 is 1.60 bits per heavy atom. The molecule has 0 heterocycles. The molecule has 0 radical (unpaired) electrons. The first kappa shape index (κ1) is 7.54. The van der Waals surface area contributed by atoms with Crippen LogP contribution in [0.1, 0.15) is 5.56 Å². The maximum absolute atomic E-state index is 12.3. The van der Waals surface area contributed by atoms with Crippen LogP contribution in [0.5, 0.6) is 0 Å². The Labute approximate surface area is 63.3 Å². The molecule has 10 heavy (non-hydrogen) atoms. The summed E-state index contributed by atoms with van der Waals surface area (Å²) in [6.07, 6.45) is 0. The van der Waals surface area contributed by atoms with Crippen molar-refractivity contribution in [1.29, 1.82) is 0 Å². The first-order valence-electron chi connectivity index (χ1n) is 2.78. The highest BCUT2D eigenvalue weighted by Crippen LogP contribution is 2.09. The van der Waals surface area contributed by atoms with Gasteiger partial charge in [-0.1, -0.05) is 0 Å². The molecule has 0 amide bonds. The highest BCUT2D eigenvalue weighted by molar-refractivity contribution is 7.79. The van der Waals surface area contributed by atoms with Crippen LogP contribution >= 0.6 is 12.6 Å². The number of halogens is 2. The van der Waals surface area contributed by atoms with E-state index in [-0.39, 0.29) is 0 Å². The highest BCUT2D eigenvalue weighted by atomic mass is 32.1. The summed E-state index contributed by atoms with van der Waals surface area (Å²) < 4.78 is 24.7. The van der Waals surface area contributed by atoms with E-state index in [1.54, 1.807) is 0 Å². The zero-order valence-electron chi connectivity index (χ0n) is 5.14. The molecule has 54 valence electrons. The molecule has 3 heteroatoms. The average Bonchev–Trinajstić information content (AvgIpc) is 1.85. The number of hydrogen-bond donors (Lipinski definition) is 1. The van der Waals surface area contributed by atoms with Crippen LogP contribution in [0, 0.1) is 11.6 Å². The van der Waals surface area contributed by atoms with E-state index in [1.165, 1.54) is 12.1 Å². The summed E-state index contributed by atoms with van der Waals surface area (Å²) in [6.45, 7) is 0. The molecule has 0 aliphatic heterocycles. The van der Waals surface area contributed by atoms with E-state index in [1.807, 2.05) is 0 Å². The lowest BCUT2D eigenvalue weighted by molar-refractivity contribution is 0.581. The van der Waals surface area contributed by atoms with Gasteiger partial charge >= 0.3 is 0 Å². The van der Waals surface area contributed by atoms with E-state index in [2.05, 4.69) is 12.6 Å². The summed E-state index contributed by atoms with van der Waals surface area (Å²) in [5, 5.41) is 0. The lowest BCUT2D eigenvalue weighted by Crippen LogP contribution is -1.83. The van der Waals surface area contributed by atoms with Crippen molar-refractivity contribution in [2.45, 2.75) is 5.75 Å². The van der Waals surface area contributed by atoms with Crippen LogP contribution in [0.2, 0.25) is 0 Å². The summed E-state index contributed by atoms with van der Waals surface area (Å²) in [5.74, 6) is -0.748. The highest BCUT2D eigenvalue weighted by Gasteiger charge is 1.97. The molecule has 0 N–H and O–H groups in total. The van der Waals surface area contributed by atoms with Crippen LogP contribution in [0.15, 0.2) is 18.2 Å². The summed E-state index contributed by atoms with van der Waals surface area (Å²) >= 11 is 3.87. The number of rotatable bonds is 1. The van der Waals surface area contributed by atoms with Gasteiger partial charge in [-0.2, -0.15) is 12.6 Å². The summed E-state index contributed by atoms with van der Waals surface area (Å²) in [5.41, 5.74) is 0.556. The first-order chi connectivity index (χ1) is 4.72. The predicted molar refractivity (Wildman–Crippen MR) is 39.0 cm³/mol. The van der Waals surface area contributed by atoms with E-state index in [0.717, 1.165) is 6.07 Å². The second-order valence-electron chi connectivity index (χ2n) is 1.94. The molecule has 0 atom stereocenters. The minimum absolute atomic E-state index is 0.356. The Bertz CT molecular complexity index is 215. The summed E-state index contributed by atoms with van der Waals surface area (Å²) in [7, 11) is 0. The molecule has 1 aromatic rings. The molecule has 0 saturated heterocycles. The van der Waals surface area contributed by atoms with Gasteiger partial charge in [0.05, 0.1) is 0 Å². The van der Waals surface area contributed by atoms with Gasteiger partial charge in [0.2, 0.25) is 0 Å². The number of thiol groups is 1. The largest absolute Gasteiger partial charge is 0.207 e. The third-order valence-corrected chi connectivity index (χ3v) is 1.47. The molecule has 0 aliphatic rings. The molecule has 0 aliphatic carbocycles. The molecule has 1 aromatic carbocycles. The fraction of sp³-hybridized carbons (Fsp3) is 0.143. The van der Waals surface area contributed by atoms with E-state index in [9.17, 15) is 8.78 Å². The quantitative estimate of drug-likeness (QED) is 0.599. The number of hydrogen-bond acceptors (Lipinski definition) is 1. The van der Waals surface area contributed by atoms with Crippen molar-refractivity contribution in [3.63, 3.8) is 0 Å². The Morgan fingerprint density at radius 3 is 2.00 bits per heavy atom. The third-order valence-electron chi connectivity index (χ3n) is 1.10. The fourth-order valence-corrected chi connectivity index (χ4v) is 0.885. The smallest absolute Gasteiger partial charge is 0.126 e. The Hall–Kier alpha value is -0.570. The van der Waals surface area contributed by atoms with Crippen LogP contribution in [0.3, 0.4) is 0 Å². The van der Waals surface area contributed by atoms with Crippen LogP contribution in [-0.4, -0.2) is 0 Å². The van der Waals surface area contributed by atoms with Crippen molar-refractivity contribution in [3.05, 3.63) is 35.4 Å². The topological polar surface area (TPSA) is 0 Å². The van der Waals surface area contributed by atoms with Crippen molar-refractivity contribution in [3.8, 4) is 0 Å². The Balaban J connectivity index is 3.06. The van der Waals surface area contributed by atoms with Crippen molar-refractivity contribution < 1.29 is 8.78 Å². The van der Waals surface area contributed by atoms with Gasteiger partial charge in [-0.05, 0) is 17.7 Å². The predicted octanol–water partition coefficient (Wildman–Crippen LogP) is 2.39. The molecule has 0 unspecified atom stereocenters. The van der Waals surface area contributed by atoms with Gasteiger partial charge in [0.25, 0.3) is 0 Å². The molecule has 0 nitrogen and oxygen atoms in total. The van der Waals surface area contributed by atoms with Crippen LogP contribution in [0.4, 0.5) is 8.78 Å². The summed E-state index contributed by atoms with van der Waals surface area (Å²) in [4.78, 5) is 0. The fourth-order valence-electron chi connectivity index (χ4n) is 0.702. The zero-order chi connectivity index (χ0) is 7.56. The van der Waals surface area contributed by atoms with E-state index in [0.29, 0.717) is 11.3 Å². The molecule has 0 saturated carbocycles. The van der Waals surface area contributed by atoms with Crippen LogP contribution in [0.25, 0.3) is 0 Å². The van der Waals surface area contributed by atoms with Gasteiger partial charge in [-0.25, -0.2) is 8.78 Å². The SMILES string of the molecule is Fc1cc(F)cc(CS)c1. The van der Waals surface area contributed by atoms with Gasteiger partial charge in [-0.15, -0.1) is 0 Å². The molecule has 0 aromatic heterocycles. The van der Waals surface area contributed by atoms with Gasteiger partial charge in [0.1, 0.15) is 11.6 Å². The monoisotopic (exact) mass is 160 g/mol. The van der Waals surface area contributed by atoms with Crippen LogP contribution < -0.4 is 0 Å². The van der Waals surface area contributed by atoms with E-state index >= 15 is 0 Å². The maximum atomic E-state index is 12.3. The average molecular weight is 160 g/mol. The first-order valence-corrected chi connectivity index (χ1v) is 3.41. The van der Waals surface area contributed by atoms with Crippen molar-refractivity contribution in [1.82, 2.24) is 0 Å². The Morgan fingerprint density at radius 1 is 1.10 bits per heavy atom. The van der Waals surface area contributed by atoms with Gasteiger partial charge in [-0.3, -0.25) is 0 Å². The summed E-state index contributed by atoms with van der Waals surface area (Å²) in [6, 6.07) is 3.36. The van der Waals surface area contributed by atoms with Crippen molar-refractivity contribution >= 4 is 12.6 Å². The molecular formula is C7H6F2S. The third kappa shape index (κ3) is 1.70. The maximum Gasteiger partial charge on any atom is 0.126 e. The standard InChI is InChI=1S/C7H6F2S/c8-6-1-5(4-10)2-7(9)3-6/h1-3,10H,4H2. The molecule has 0 fully saturated rings.